The lowest BCUT2D eigenvalue weighted by molar-refractivity contribution is -0.485. The van der Waals surface area contributed by atoms with E-state index in [1.165, 1.54) is 30.3 Å². The van der Waals surface area contributed by atoms with Crippen LogP contribution < -0.4 is 16.0 Å². The third-order valence-electron chi connectivity index (χ3n) is 2.57. The highest BCUT2D eigenvalue weighted by molar-refractivity contribution is 8.15. The minimum atomic E-state index is -0.779. The number of thioether (sulfide) groups is 1. The molecule has 0 saturated heterocycles. The van der Waals surface area contributed by atoms with E-state index in [1.807, 2.05) is 0 Å². The van der Waals surface area contributed by atoms with Crippen molar-refractivity contribution in [1.29, 1.82) is 0 Å². The number of oxime groups is 1. The van der Waals surface area contributed by atoms with E-state index in [2.05, 4.69) is 36.0 Å². The van der Waals surface area contributed by atoms with Gasteiger partial charge in [0.25, 0.3) is 11.9 Å². The van der Waals surface area contributed by atoms with Crippen molar-refractivity contribution in [2.75, 3.05) is 34.4 Å². The third kappa shape index (κ3) is 11.7. The molecule has 0 spiro atoms. The summed E-state index contributed by atoms with van der Waals surface area (Å²) >= 11 is 8.03. The Kier molecular flexibility index (Phi) is 13.0. The summed E-state index contributed by atoms with van der Waals surface area (Å²) in [5.74, 6) is -0.217. The van der Waals surface area contributed by atoms with Crippen LogP contribution in [0.2, 0.25) is 4.47 Å². The summed E-state index contributed by atoms with van der Waals surface area (Å²) in [6, 6.07) is 0. The van der Waals surface area contributed by atoms with E-state index in [0.717, 1.165) is 16.6 Å². The SMILES string of the molecule is CN/C(=N\[N+](=O)[O-])NCc1cnc(Cl)s1.CNC(=O)O/N=C(/SC)C(=O)N(C)C. The maximum atomic E-state index is 11.3. The Balaban J connectivity index is 0.000000543. The number of thiazole rings is 1. The zero-order valence-electron chi connectivity index (χ0n) is 16.3. The molecule has 0 aromatic carbocycles. The molecule has 0 saturated carbocycles. The second kappa shape index (κ2) is 14.4. The molecule has 0 radical (unpaired) electrons. The largest absolute Gasteiger partial charge is 0.433 e. The third-order valence-corrected chi connectivity index (χ3v) is 4.32. The van der Waals surface area contributed by atoms with Crippen LogP contribution >= 0.6 is 34.7 Å². The summed E-state index contributed by atoms with van der Waals surface area (Å²) in [4.78, 5) is 42.5. The Morgan fingerprint density at radius 1 is 1.41 bits per heavy atom. The number of carbonyl (C=O) groups is 2. The van der Waals surface area contributed by atoms with Crippen LogP contribution in [0.15, 0.2) is 16.5 Å². The Labute approximate surface area is 180 Å². The van der Waals surface area contributed by atoms with Crippen LogP contribution in [0, 0.1) is 10.1 Å². The van der Waals surface area contributed by atoms with Gasteiger partial charge in [0.1, 0.15) is 5.10 Å². The second-order valence-corrected chi connectivity index (χ2v) is 7.29. The van der Waals surface area contributed by atoms with Gasteiger partial charge in [-0.2, -0.15) is 0 Å². The molecule has 2 amide bonds. The van der Waals surface area contributed by atoms with Crippen molar-refractivity contribution >= 4 is 57.7 Å². The molecule has 0 aliphatic heterocycles. The molecule has 0 unspecified atom stereocenters. The average Bonchev–Trinajstić information content (AvgIpc) is 3.10. The lowest BCUT2D eigenvalue weighted by atomic mass is 10.5. The van der Waals surface area contributed by atoms with Gasteiger partial charge in [0, 0.05) is 39.3 Å². The summed E-state index contributed by atoms with van der Waals surface area (Å²) in [6.07, 6.45) is 2.57. The quantitative estimate of drug-likeness (QED) is 0.190. The van der Waals surface area contributed by atoms with Gasteiger partial charge in [-0.05, 0) is 6.26 Å². The predicted molar refractivity (Wildman–Crippen MR) is 113 cm³/mol. The molecular formula is C13H21ClN8O5S2. The van der Waals surface area contributed by atoms with Crippen molar-refractivity contribution in [3.63, 3.8) is 0 Å². The summed E-state index contributed by atoms with van der Waals surface area (Å²) in [6.45, 7) is 0.387. The molecule has 0 aliphatic carbocycles. The van der Waals surface area contributed by atoms with E-state index in [-0.39, 0.29) is 16.9 Å². The number of nitro groups is 1. The van der Waals surface area contributed by atoms with Gasteiger partial charge in [-0.3, -0.25) is 9.63 Å². The van der Waals surface area contributed by atoms with Crippen LogP contribution in [0.4, 0.5) is 4.79 Å². The van der Waals surface area contributed by atoms with Crippen LogP contribution in [0.5, 0.6) is 0 Å². The number of halogens is 1. The van der Waals surface area contributed by atoms with Crippen LogP contribution in [0.3, 0.4) is 0 Å². The number of hydrazone groups is 1. The van der Waals surface area contributed by atoms with Crippen molar-refractivity contribution < 1.29 is 19.5 Å². The molecule has 1 aromatic rings. The number of hydrogen-bond acceptors (Lipinski definition) is 9. The Morgan fingerprint density at radius 3 is 2.48 bits per heavy atom. The van der Waals surface area contributed by atoms with Gasteiger partial charge in [0.15, 0.2) is 9.50 Å². The van der Waals surface area contributed by atoms with Crippen LogP contribution in [-0.4, -0.2) is 72.4 Å². The van der Waals surface area contributed by atoms with Gasteiger partial charge in [-0.1, -0.05) is 16.8 Å². The van der Waals surface area contributed by atoms with E-state index >= 15 is 0 Å². The molecule has 0 bridgehead atoms. The Morgan fingerprint density at radius 2 is 2.07 bits per heavy atom. The molecule has 16 heteroatoms. The number of amides is 2. The molecule has 1 heterocycles. The fraction of sp³-hybridized carbons (Fsp3) is 0.462. The summed E-state index contributed by atoms with van der Waals surface area (Å²) < 4.78 is 0.434. The van der Waals surface area contributed by atoms with Gasteiger partial charge < -0.3 is 20.9 Å². The lowest BCUT2D eigenvalue weighted by Gasteiger charge is -2.09. The standard InChI is InChI=1S/C7H13N3O3S.C6H8ClN5O2S/c1-8-7(12)13-9-5(14-4)6(11)10(2)3;1-8-6(11-12(13)14)10-3-4-2-9-5(7)15-4/h1-4H3,(H,8,12);2H,3H2,1H3,(H2,8,10,11)/b9-5+;. The van der Waals surface area contributed by atoms with Crippen molar-refractivity contribution in [2.45, 2.75) is 6.54 Å². The second-order valence-electron chi connectivity index (χ2n) is 4.80. The molecule has 0 aliphatic rings. The molecule has 13 nitrogen and oxygen atoms in total. The zero-order chi connectivity index (χ0) is 22.4. The zero-order valence-corrected chi connectivity index (χ0v) is 18.6. The number of aromatic nitrogens is 1. The lowest BCUT2D eigenvalue weighted by Crippen LogP contribution is -2.34. The minimum absolute atomic E-state index is 0.0875. The van der Waals surface area contributed by atoms with Gasteiger partial charge in [-0.25, -0.2) is 19.9 Å². The Bertz CT molecular complexity index is 755. The van der Waals surface area contributed by atoms with Crippen LogP contribution in [0.25, 0.3) is 0 Å². The Hall–Kier alpha value is -2.65. The highest BCUT2D eigenvalue weighted by atomic mass is 35.5. The average molecular weight is 469 g/mol. The van der Waals surface area contributed by atoms with E-state index in [9.17, 15) is 19.7 Å². The molecule has 0 fully saturated rings. The summed E-state index contributed by atoms with van der Waals surface area (Å²) in [7, 11) is 6.13. The highest BCUT2D eigenvalue weighted by Crippen LogP contribution is 2.17. The maximum Gasteiger partial charge on any atom is 0.433 e. The summed E-state index contributed by atoms with van der Waals surface area (Å²) in [5, 5.41) is 23.4. The number of rotatable bonds is 4. The fourth-order valence-electron chi connectivity index (χ4n) is 1.28. The monoisotopic (exact) mass is 468 g/mol. The normalized spacial score (nSPS) is 11.0. The van der Waals surface area contributed by atoms with Crippen LogP contribution in [-0.2, 0) is 16.2 Å². The minimum Gasteiger partial charge on any atom is -0.354 e. The maximum absolute atomic E-state index is 11.3. The first-order valence-electron chi connectivity index (χ1n) is 7.61. The van der Waals surface area contributed by atoms with Crippen molar-refractivity contribution in [3.8, 4) is 0 Å². The first-order chi connectivity index (χ1) is 13.6. The summed E-state index contributed by atoms with van der Waals surface area (Å²) in [5.41, 5.74) is 0. The molecule has 1 rings (SSSR count). The number of nitrogens with one attached hydrogen (secondary N) is 3. The number of carbonyl (C=O) groups excluding carboxylic acids is 2. The van der Waals surface area contributed by atoms with Crippen molar-refractivity contribution in [1.82, 2.24) is 25.8 Å². The predicted octanol–water partition coefficient (Wildman–Crippen LogP) is 0.760. The van der Waals surface area contributed by atoms with Crippen LogP contribution in [0.1, 0.15) is 4.88 Å². The van der Waals surface area contributed by atoms with E-state index < -0.39 is 11.1 Å². The first kappa shape index (κ1) is 26.4. The number of hydrogen-bond donors (Lipinski definition) is 3. The van der Waals surface area contributed by atoms with E-state index in [0.29, 0.717) is 11.0 Å². The number of nitrogens with zero attached hydrogens (tertiary/aromatic N) is 5. The van der Waals surface area contributed by atoms with Gasteiger partial charge >= 0.3 is 6.09 Å². The van der Waals surface area contributed by atoms with E-state index in [4.69, 9.17) is 11.6 Å². The van der Waals surface area contributed by atoms with Gasteiger partial charge in [-0.15, -0.1) is 23.1 Å². The molecule has 162 valence electrons. The molecule has 29 heavy (non-hydrogen) atoms. The van der Waals surface area contributed by atoms with E-state index in [1.54, 1.807) is 26.5 Å². The molecular weight excluding hydrogens is 448 g/mol. The van der Waals surface area contributed by atoms with Crippen molar-refractivity contribution in [2.24, 2.45) is 10.3 Å². The van der Waals surface area contributed by atoms with Gasteiger partial charge in [0.2, 0.25) is 5.04 Å². The molecule has 1 aromatic heterocycles. The smallest absolute Gasteiger partial charge is 0.354 e. The molecule has 0 atom stereocenters. The number of guanidine groups is 1. The van der Waals surface area contributed by atoms with Crippen molar-refractivity contribution in [3.05, 3.63) is 25.7 Å². The topological polar surface area (TPSA) is 163 Å². The fourth-order valence-corrected chi connectivity index (χ4v) is 2.66. The highest BCUT2D eigenvalue weighted by Gasteiger charge is 2.14. The molecule has 3 N–H and O–H groups in total. The van der Waals surface area contributed by atoms with Gasteiger partial charge in [0.05, 0.1) is 6.54 Å². The first-order valence-corrected chi connectivity index (χ1v) is 10.0.